The standard InChI is InChI=1S/C13H18F2N2O3S/c1-20-12-2-3-17(11(7-12)8-16)21(18,19)13-5-9(14)4-10(15)6-13/h4-6,11-12H,2-3,7-8,16H2,1H3. The number of piperidine rings is 1. The van der Waals surface area contributed by atoms with E-state index in [1.807, 2.05) is 0 Å². The summed E-state index contributed by atoms with van der Waals surface area (Å²) >= 11 is 0. The molecule has 2 unspecified atom stereocenters. The molecule has 1 aromatic rings. The molecule has 0 saturated carbocycles. The first-order valence-electron chi connectivity index (χ1n) is 6.59. The summed E-state index contributed by atoms with van der Waals surface area (Å²) in [4.78, 5) is -0.394. The maximum absolute atomic E-state index is 13.3. The van der Waals surface area contributed by atoms with E-state index in [2.05, 4.69) is 0 Å². The average Bonchev–Trinajstić information content (AvgIpc) is 2.45. The van der Waals surface area contributed by atoms with Crippen LogP contribution < -0.4 is 5.73 Å². The predicted molar refractivity (Wildman–Crippen MR) is 73.1 cm³/mol. The highest BCUT2D eigenvalue weighted by Gasteiger charge is 2.36. The quantitative estimate of drug-likeness (QED) is 0.901. The Morgan fingerprint density at radius 1 is 1.33 bits per heavy atom. The van der Waals surface area contributed by atoms with Crippen LogP contribution in [0.5, 0.6) is 0 Å². The minimum absolute atomic E-state index is 0.0609. The number of hydrogen-bond acceptors (Lipinski definition) is 4. The van der Waals surface area contributed by atoms with Crippen LogP contribution in [0.2, 0.25) is 0 Å². The molecule has 2 N–H and O–H groups in total. The van der Waals surface area contributed by atoms with Gasteiger partial charge < -0.3 is 10.5 Å². The predicted octanol–water partition coefficient (Wildman–Crippen LogP) is 1.09. The Morgan fingerprint density at radius 2 is 1.95 bits per heavy atom. The van der Waals surface area contributed by atoms with Crippen molar-refractivity contribution in [1.82, 2.24) is 4.31 Å². The van der Waals surface area contributed by atoms with E-state index >= 15 is 0 Å². The minimum Gasteiger partial charge on any atom is -0.381 e. The Hall–Kier alpha value is -1.09. The summed E-state index contributed by atoms with van der Waals surface area (Å²) in [5.74, 6) is -1.85. The van der Waals surface area contributed by atoms with Gasteiger partial charge in [-0.2, -0.15) is 4.31 Å². The molecule has 0 aliphatic carbocycles. The summed E-state index contributed by atoms with van der Waals surface area (Å²) in [6.45, 7) is 0.331. The Labute approximate surface area is 122 Å². The summed E-state index contributed by atoms with van der Waals surface area (Å²) in [5, 5.41) is 0. The second-order valence-corrected chi connectivity index (χ2v) is 6.88. The third-order valence-corrected chi connectivity index (χ3v) is 5.59. The van der Waals surface area contributed by atoms with E-state index in [1.54, 1.807) is 7.11 Å². The van der Waals surface area contributed by atoms with Crippen LogP contribution in [-0.2, 0) is 14.8 Å². The summed E-state index contributed by atoms with van der Waals surface area (Å²) in [5.41, 5.74) is 5.64. The second kappa shape index (κ2) is 6.35. The molecule has 2 rings (SSSR count). The van der Waals surface area contributed by atoms with Gasteiger partial charge in [-0.05, 0) is 25.0 Å². The van der Waals surface area contributed by atoms with E-state index in [9.17, 15) is 17.2 Å². The molecule has 1 fully saturated rings. The molecule has 0 amide bonds. The van der Waals surface area contributed by atoms with Gasteiger partial charge in [0.25, 0.3) is 0 Å². The fraction of sp³-hybridized carbons (Fsp3) is 0.538. The van der Waals surface area contributed by atoms with Gasteiger partial charge in [-0.25, -0.2) is 17.2 Å². The van der Waals surface area contributed by atoms with Crippen LogP contribution in [0, 0.1) is 11.6 Å². The molecule has 0 bridgehead atoms. The van der Waals surface area contributed by atoms with Gasteiger partial charge in [0.2, 0.25) is 10.0 Å². The van der Waals surface area contributed by atoms with Gasteiger partial charge in [-0.3, -0.25) is 0 Å². The van der Waals surface area contributed by atoms with Crippen LogP contribution >= 0.6 is 0 Å². The van der Waals surface area contributed by atoms with E-state index in [0.29, 0.717) is 18.9 Å². The Kier molecular flexibility index (Phi) is 4.92. The van der Waals surface area contributed by atoms with E-state index < -0.39 is 32.6 Å². The summed E-state index contributed by atoms with van der Waals surface area (Å²) < 4.78 is 58.0. The first-order valence-corrected chi connectivity index (χ1v) is 8.03. The Balaban J connectivity index is 2.34. The number of halogens is 2. The Bertz CT molecular complexity index is 589. The molecular weight excluding hydrogens is 302 g/mol. The van der Waals surface area contributed by atoms with Crippen molar-refractivity contribution in [2.45, 2.75) is 29.9 Å². The summed E-state index contributed by atoms with van der Waals surface area (Å²) in [6, 6.07) is 1.82. The summed E-state index contributed by atoms with van der Waals surface area (Å²) in [6.07, 6.45) is 0.919. The van der Waals surface area contributed by atoms with Crippen LogP contribution in [0.3, 0.4) is 0 Å². The number of hydrogen-bond donors (Lipinski definition) is 1. The highest BCUT2D eigenvalue weighted by molar-refractivity contribution is 7.89. The molecule has 0 aromatic heterocycles. The molecular formula is C13H18F2N2O3S. The van der Waals surface area contributed by atoms with Crippen molar-refractivity contribution in [1.29, 1.82) is 0 Å². The molecule has 1 heterocycles. The third kappa shape index (κ3) is 3.39. The molecule has 118 valence electrons. The average molecular weight is 320 g/mol. The first kappa shape index (κ1) is 16.3. The van der Waals surface area contributed by atoms with Crippen LogP contribution in [0.15, 0.2) is 23.1 Å². The zero-order valence-corrected chi connectivity index (χ0v) is 12.4. The number of rotatable bonds is 4. The van der Waals surface area contributed by atoms with Crippen molar-refractivity contribution in [2.75, 3.05) is 20.2 Å². The zero-order valence-electron chi connectivity index (χ0n) is 11.6. The van der Waals surface area contributed by atoms with Gasteiger partial charge >= 0.3 is 0 Å². The van der Waals surface area contributed by atoms with Gasteiger partial charge in [-0.15, -0.1) is 0 Å². The van der Waals surface area contributed by atoms with Crippen molar-refractivity contribution in [3.8, 4) is 0 Å². The normalized spacial score (nSPS) is 24.2. The van der Waals surface area contributed by atoms with Crippen molar-refractivity contribution >= 4 is 10.0 Å². The fourth-order valence-electron chi connectivity index (χ4n) is 2.55. The fourth-order valence-corrected chi connectivity index (χ4v) is 4.25. The maximum Gasteiger partial charge on any atom is 0.243 e. The summed E-state index contributed by atoms with van der Waals surface area (Å²) in [7, 11) is -2.42. The van der Waals surface area contributed by atoms with Crippen LogP contribution in [0.25, 0.3) is 0 Å². The largest absolute Gasteiger partial charge is 0.381 e. The first-order chi connectivity index (χ1) is 9.88. The molecule has 8 heteroatoms. The molecule has 1 saturated heterocycles. The molecule has 0 spiro atoms. The Morgan fingerprint density at radius 3 is 2.48 bits per heavy atom. The van der Waals surface area contributed by atoms with Gasteiger partial charge in [0.15, 0.2) is 0 Å². The van der Waals surface area contributed by atoms with Gasteiger partial charge in [0.1, 0.15) is 11.6 Å². The SMILES string of the molecule is COC1CCN(S(=O)(=O)c2cc(F)cc(F)c2)C(CN)C1. The molecule has 21 heavy (non-hydrogen) atoms. The monoisotopic (exact) mass is 320 g/mol. The van der Waals surface area contributed by atoms with Crippen molar-refractivity contribution in [2.24, 2.45) is 5.73 Å². The second-order valence-electron chi connectivity index (χ2n) is 4.99. The molecule has 0 radical (unpaired) electrons. The minimum atomic E-state index is -3.98. The number of benzene rings is 1. The number of ether oxygens (including phenoxy) is 1. The lowest BCUT2D eigenvalue weighted by Crippen LogP contribution is -2.51. The van der Waals surface area contributed by atoms with E-state index in [0.717, 1.165) is 12.1 Å². The highest BCUT2D eigenvalue weighted by Crippen LogP contribution is 2.27. The van der Waals surface area contributed by atoms with Crippen LogP contribution in [0.4, 0.5) is 8.78 Å². The lowest BCUT2D eigenvalue weighted by Gasteiger charge is -2.37. The van der Waals surface area contributed by atoms with Crippen molar-refractivity contribution in [3.63, 3.8) is 0 Å². The number of sulfonamides is 1. The number of methoxy groups -OCH3 is 1. The highest BCUT2D eigenvalue weighted by atomic mass is 32.2. The zero-order chi connectivity index (χ0) is 15.6. The van der Waals surface area contributed by atoms with Gasteiger partial charge in [0, 0.05) is 32.3 Å². The van der Waals surface area contributed by atoms with Crippen molar-refractivity contribution in [3.05, 3.63) is 29.8 Å². The van der Waals surface area contributed by atoms with E-state index in [-0.39, 0.29) is 19.2 Å². The third-order valence-electron chi connectivity index (χ3n) is 3.66. The molecule has 1 aliphatic heterocycles. The molecule has 2 atom stereocenters. The lowest BCUT2D eigenvalue weighted by molar-refractivity contribution is 0.0401. The molecule has 5 nitrogen and oxygen atoms in total. The number of nitrogens with two attached hydrogens (primary N) is 1. The number of nitrogens with zero attached hydrogens (tertiary/aromatic N) is 1. The van der Waals surface area contributed by atoms with E-state index in [4.69, 9.17) is 10.5 Å². The molecule has 1 aromatic carbocycles. The van der Waals surface area contributed by atoms with Crippen LogP contribution in [-0.4, -0.2) is 45.1 Å². The van der Waals surface area contributed by atoms with Gasteiger partial charge in [-0.1, -0.05) is 0 Å². The van der Waals surface area contributed by atoms with Crippen LogP contribution in [0.1, 0.15) is 12.8 Å². The topological polar surface area (TPSA) is 72.6 Å². The smallest absolute Gasteiger partial charge is 0.243 e. The maximum atomic E-state index is 13.3. The molecule has 1 aliphatic rings. The van der Waals surface area contributed by atoms with Crippen molar-refractivity contribution < 1.29 is 21.9 Å². The lowest BCUT2D eigenvalue weighted by atomic mass is 10.0. The van der Waals surface area contributed by atoms with E-state index in [1.165, 1.54) is 4.31 Å². The van der Waals surface area contributed by atoms with Gasteiger partial charge in [0.05, 0.1) is 11.0 Å².